The van der Waals surface area contributed by atoms with Crippen LogP contribution >= 0.6 is 0 Å². The van der Waals surface area contributed by atoms with E-state index in [-0.39, 0.29) is 17.0 Å². The molecule has 4 rings (SSSR count). The fourth-order valence-electron chi connectivity index (χ4n) is 4.68. The number of sulfone groups is 1. The third kappa shape index (κ3) is 3.47. The Labute approximate surface area is 172 Å². The zero-order chi connectivity index (χ0) is 20.8. The van der Waals surface area contributed by atoms with Gasteiger partial charge in [-0.1, -0.05) is 18.2 Å². The minimum Gasteiger partial charge on any atom is -0.497 e. The number of hydrogen-bond donors (Lipinski definition) is 0. The molecule has 6 nitrogen and oxygen atoms in total. The predicted octanol–water partition coefficient (Wildman–Crippen LogP) is 3.16. The van der Waals surface area contributed by atoms with Crippen molar-refractivity contribution in [1.29, 1.82) is 0 Å². The molecule has 0 spiro atoms. The summed E-state index contributed by atoms with van der Waals surface area (Å²) in [5, 5.41) is -0.550. The maximum Gasteiger partial charge on any atom is 0.243 e. The molecule has 0 aliphatic carbocycles. The quantitative estimate of drug-likeness (QED) is 0.721. The number of ether oxygens (including phenoxy) is 1. The van der Waals surface area contributed by atoms with Crippen molar-refractivity contribution in [2.75, 3.05) is 7.11 Å². The van der Waals surface area contributed by atoms with Gasteiger partial charge in [0.25, 0.3) is 0 Å². The summed E-state index contributed by atoms with van der Waals surface area (Å²) in [7, 11) is -5.64. The van der Waals surface area contributed by atoms with Gasteiger partial charge >= 0.3 is 0 Å². The van der Waals surface area contributed by atoms with Crippen LogP contribution in [-0.4, -0.2) is 45.6 Å². The van der Waals surface area contributed by atoms with Crippen molar-refractivity contribution in [3.05, 3.63) is 54.1 Å². The maximum absolute atomic E-state index is 13.4. The predicted molar refractivity (Wildman–Crippen MR) is 110 cm³/mol. The molecule has 0 N–H and O–H groups in total. The molecule has 0 amide bonds. The molecule has 2 fully saturated rings. The smallest absolute Gasteiger partial charge is 0.243 e. The highest BCUT2D eigenvalue weighted by Crippen LogP contribution is 2.43. The van der Waals surface area contributed by atoms with Gasteiger partial charge in [0.1, 0.15) is 5.75 Å². The summed E-state index contributed by atoms with van der Waals surface area (Å²) in [6.07, 6.45) is 2.06. The summed E-state index contributed by atoms with van der Waals surface area (Å²) in [6, 6.07) is 12.8. The lowest BCUT2D eigenvalue weighted by Crippen LogP contribution is -2.49. The molecule has 2 aromatic rings. The van der Waals surface area contributed by atoms with E-state index in [1.807, 2.05) is 0 Å². The summed E-state index contributed by atoms with van der Waals surface area (Å²) >= 11 is 0. The van der Waals surface area contributed by atoms with Crippen LogP contribution in [0.5, 0.6) is 5.75 Å². The van der Waals surface area contributed by atoms with Crippen LogP contribution in [0.2, 0.25) is 0 Å². The molecule has 2 aliphatic rings. The van der Waals surface area contributed by atoms with Crippen LogP contribution in [0.1, 0.15) is 31.2 Å². The first-order valence-electron chi connectivity index (χ1n) is 9.72. The first kappa shape index (κ1) is 20.4. The van der Waals surface area contributed by atoms with E-state index in [0.717, 1.165) is 0 Å². The fraction of sp³-hybridized carbons (Fsp3) is 0.429. The number of fused-ring (bicyclic) bond motifs is 2. The third-order valence-electron chi connectivity index (χ3n) is 6.07. The van der Waals surface area contributed by atoms with Crippen LogP contribution in [-0.2, 0) is 19.9 Å². The number of hydrogen-bond acceptors (Lipinski definition) is 5. The van der Waals surface area contributed by atoms with E-state index in [0.29, 0.717) is 41.9 Å². The van der Waals surface area contributed by atoms with Crippen molar-refractivity contribution in [2.45, 2.75) is 59.7 Å². The van der Waals surface area contributed by atoms with Crippen molar-refractivity contribution in [2.24, 2.45) is 0 Å². The monoisotopic (exact) mass is 435 g/mol. The normalized spacial score (nSPS) is 25.1. The molecule has 156 valence electrons. The second kappa shape index (κ2) is 7.41. The lowest BCUT2D eigenvalue weighted by Gasteiger charge is -2.37. The fourth-order valence-corrected chi connectivity index (χ4v) is 8.66. The molecule has 0 saturated carbocycles. The Bertz CT molecular complexity index is 1100. The largest absolute Gasteiger partial charge is 0.497 e. The van der Waals surface area contributed by atoms with E-state index in [4.69, 9.17) is 4.74 Å². The number of methoxy groups -OCH3 is 1. The molecule has 2 saturated heterocycles. The Kier molecular flexibility index (Phi) is 5.21. The highest BCUT2D eigenvalue weighted by atomic mass is 32.2. The molecule has 0 aromatic heterocycles. The second-order valence-electron chi connectivity index (χ2n) is 7.80. The Balaban J connectivity index is 1.63. The van der Waals surface area contributed by atoms with E-state index in [1.54, 1.807) is 66.9 Å². The minimum absolute atomic E-state index is 0.263. The first-order chi connectivity index (χ1) is 13.7. The van der Waals surface area contributed by atoms with Crippen molar-refractivity contribution in [3.8, 4) is 5.75 Å². The van der Waals surface area contributed by atoms with Gasteiger partial charge in [-0.25, -0.2) is 16.8 Å². The summed E-state index contributed by atoms with van der Waals surface area (Å²) < 4.78 is 59.8. The molecule has 0 radical (unpaired) electrons. The van der Waals surface area contributed by atoms with Gasteiger partial charge in [-0.3, -0.25) is 0 Å². The summed E-state index contributed by atoms with van der Waals surface area (Å²) in [5.41, 5.74) is 0.628. The summed E-state index contributed by atoms with van der Waals surface area (Å²) in [4.78, 5) is 0.575. The molecular formula is C21H25NO5S2. The first-order valence-corrected chi connectivity index (χ1v) is 12.7. The zero-order valence-corrected chi connectivity index (χ0v) is 18.1. The van der Waals surface area contributed by atoms with Gasteiger partial charge in [0.15, 0.2) is 9.84 Å². The number of piperidine rings is 1. The molecule has 2 unspecified atom stereocenters. The van der Waals surface area contributed by atoms with Crippen LogP contribution in [0.25, 0.3) is 0 Å². The number of rotatable bonds is 5. The number of sulfonamides is 1. The van der Waals surface area contributed by atoms with E-state index < -0.39 is 25.1 Å². The van der Waals surface area contributed by atoms with Gasteiger partial charge in [-0.15, -0.1) is 0 Å². The Hall–Kier alpha value is -1.90. The van der Waals surface area contributed by atoms with Crippen LogP contribution < -0.4 is 4.74 Å². The second-order valence-corrected chi connectivity index (χ2v) is 11.8. The molecule has 2 aliphatic heterocycles. The number of aryl methyl sites for hydroxylation is 1. The lowest BCUT2D eigenvalue weighted by atomic mass is 10.1. The van der Waals surface area contributed by atoms with Crippen molar-refractivity contribution < 1.29 is 21.6 Å². The van der Waals surface area contributed by atoms with Gasteiger partial charge in [-0.05, 0) is 68.5 Å². The molecule has 2 aromatic carbocycles. The Morgan fingerprint density at radius 1 is 0.931 bits per heavy atom. The molecular weight excluding hydrogens is 410 g/mol. The van der Waals surface area contributed by atoms with Gasteiger partial charge < -0.3 is 4.74 Å². The SMILES string of the molecule is COc1ccc(S(=O)(=O)N2C3CCC2CC(S(=O)(=O)c2ccccc2)C3)c(C)c1. The van der Waals surface area contributed by atoms with Gasteiger partial charge in [-0.2, -0.15) is 4.31 Å². The number of nitrogens with zero attached hydrogens (tertiary/aromatic N) is 1. The standard InChI is InChI=1S/C21H25NO5S2/c1-15-12-18(27-2)10-11-21(15)29(25,26)22-16-8-9-17(22)14-20(13-16)28(23,24)19-6-4-3-5-7-19/h3-7,10-12,16-17,20H,8-9,13-14H2,1-2H3. The maximum atomic E-state index is 13.4. The van der Waals surface area contributed by atoms with Crippen molar-refractivity contribution in [1.82, 2.24) is 4.31 Å². The highest BCUT2D eigenvalue weighted by molar-refractivity contribution is 7.92. The van der Waals surface area contributed by atoms with E-state index >= 15 is 0 Å². The molecule has 2 atom stereocenters. The molecule has 2 bridgehead atoms. The summed E-state index contributed by atoms with van der Waals surface area (Å²) in [6.45, 7) is 1.75. The van der Waals surface area contributed by atoms with Crippen molar-refractivity contribution >= 4 is 19.9 Å². The molecule has 2 heterocycles. The van der Waals surface area contributed by atoms with Gasteiger partial charge in [0.2, 0.25) is 10.0 Å². The summed E-state index contributed by atoms with van der Waals surface area (Å²) in [5.74, 6) is 0.608. The average molecular weight is 436 g/mol. The Morgan fingerprint density at radius 2 is 1.55 bits per heavy atom. The lowest BCUT2D eigenvalue weighted by molar-refractivity contribution is 0.249. The van der Waals surface area contributed by atoms with E-state index in [9.17, 15) is 16.8 Å². The topological polar surface area (TPSA) is 80.8 Å². The van der Waals surface area contributed by atoms with Gasteiger partial charge in [0, 0.05) is 12.1 Å². The van der Waals surface area contributed by atoms with Crippen LogP contribution in [0.15, 0.2) is 58.3 Å². The molecule has 8 heteroatoms. The van der Waals surface area contributed by atoms with Crippen LogP contribution in [0.3, 0.4) is 0 Å². The van der Waals surface area contributed by atoms with Gasteiger partial charge in [0.05, 0.1) is 22.2 Å². The Morgan fingerprint density at radius 3 is 2.10 bits per heavy atom. The van der Waals surface area contributed by atoms with Crippen molar-refractivity contribution in [3.63, 3.8) is 0 Å². The van der Waals surface area contributed by atoms with E-state index in [2.05, 4.69) is 0 Å². The number of benzene rings is 2. The van der Waals surface area contributed by atoms with Crippen LogP contribution in [0.4, 0.5) is 0 Å². The van der Waals surface area contributed by atoms with Crippen LogP contribution in [0, 0.1) is 6.92 Å². The minimum atomic E-state index is -3.70. The zero-order valence-electron chi connectivity index (χ0n) is 16.5. The average Bonchev–Trinajstić information content (AvgIpc) is 2.99. The van der Waals surface area contributed by atoms with E-state index in [1.165, 1.54) is 0 Å². The highest BCUT2D eigenvalue weighted by Gasteiger charge is 2.50. The molecule has 29 heavy (non-hydrogen) atoms. The third-order valence-corrected chi connectivity index (χ3v) is 10.4.